The molecule has 1 aromatic carbocycles. The zero-order chi connectivity index (χ0) is 16.0. The van der Waals surface area contributed by atoms with E-state index in [0.717, 1.165) is 0 Å². The number of carbonyl (C=O) groups is 1. The molecule has 0 aliphatic heterocycles. The Morgan fingerprint density at radius 2 is 1.90 bits per heavy atom. The van der Waals surface area contributed by atoms with Gasteiger partial charge in [-0.25, -0.2) is 13.6 Å². The van der Waals surface area contributed by atoms with Crippen molar-refractivity contribution in [1.29, 1.82) is 0 Å². The van der Waals surface area contributed by atoms with E-state index in [0.29, 0.717) is 37.4 Å². The minimum absolute atomic E-state index is 0.0192. The summed E-state index contributed by atoms with van der Waals surface area (Å²) >= 11 is 0. The van der Waals surface area contributed by atoms with Crippen LogP contribution in [0.2, 0.25) is 0 Å². The first-order valence-corrected chi connectivity index (χ1v) is 8.28. The fraction of sp³-hybridized carbons (Fsp3) is 0.462. The molecule has 7 nitrogen and oxygen atoms in total. The summed E-state index contributed by atoms with van der Waals surface area (Å²) in [6.07, 6.45) is 0.306. The quantitative estimate of drug-likeness (QED) is 0.636. The van der Waals surface area contributed by atoms with Gasteiger partial charge in [-0.1, -0.05) is 0 Å². The number of sulfonamides is 1. The molecule has 0 aromatic heterocycles. The number of nitrogens with one attached hydrogen (secondary N) is 1. The highest BCUT2D eigenvalue weighted by molar-refractivity contribution is 7.89. The van der Waals surface area contributed by atoms with Gasteiger partial charge in [0.15, 0.2) is 0 Å². The Kier molecular flexibility index (Phi) is 5.98. The number of nitrogen functional groups attached to an aromatic ring is 1. The fourth-order valence-electron chi connectivity index (χ4n) is 1.90. The Morgan fingerprint density at radius 1 is 1.29 bits per heavy atom. The maximum absolute atomic E-state index is 11.8. The first-order chi connectivity index (χ1) is 9.79. The summed E-state index contributed by atoms with van der Waals surface area (Å²) in [5, 5.41) is 8.04. The van der Waals surface area contributed by atoms with E-state index in [2.05, 4.69) is 5.32 Å². The Morgan fingerprint density at radius 3 is 2.43 bits per heavy atom. The van der Waals surface area contributed by atoms with Crippen LogP contribution in [0.15, 0.2) is 23.1 Å². The van der Waals surface area contributed by atoms with Crippen LogP contribution < -0.4 is 16.2 Å². The van der Waals surface area contributed by atoms with Crippen LogP contribution in [0.25, 0.3) is 0 Å². The highest BCUT2D eigenvalue weighted by Gasteiger charge is 2.12. The van der Waals surface area contributed by atoms with Crippen molar-refractivity contribution in [2.45, 2.75) is 25.2 Å². The third kappa shape index (κ3) is 4.91. The molecule has 0 bridgehead atoms. The molecule has 0 unspecified atom stereocenters. The van der Waals surface area contributed by atoms with E-state index >= 15 is 0 Å². The number of hydrogen-bond acceptors (Lipinski definition) is 5. The van der Waals surface area contributed by atoms with Crippen molar-refractivity contribution in [1.82, 2.24) is 4.90 Å². The second-order valence-electron chi connectivity index (χ2n) is 4.54. The number of carbonyl (C=O) groups excluding carboxylic acids is 1. The van der Waals surface area contributed by atoms with Crippen molar-refractivity contribution in [3.05, 3.63) is 18.2 Å². The Bertz CT molecular complexity index is 597. The van der Waals surface area contributed by atoms with Crippen molar-refractivity contribution in [3.8, 4) is 0 Å². The van der Waals surface area contributed by atoms with E-state index in [-0.39, 0.29) is 10.8 Å². The van der Waals surface area contributed by atoms with Crippen LogP contribution in [0.5, 0.6) is 0 Å². The summed E-state index contributed by atoms with van der Waals surface area (Å²) in [6.45, 7) is 5.54. The zero-order valence-electron chi connectivity index (χ0n) is 12.3. The van der Waals surface area contributed by atoms with E-state index in [1.54, 1.807) is 4.90 Å². The van der Waals surface area contributed by atoms with Gasteiger partial charge in [-0.2, -0.15) is 0 Å². The van der Waals surface area contributed by atoms with Gasteiger partial charge in [-0.05, 0) is 32.0 Å². The molecule has 0 atom stereocenters. The van der Waals surface area contributed by atoms with Crippen LogP contribution in [0.1, 0.15) is 20.3 Å². The Balaban J connectivity index is 2.70. The van der Waals surface area contributed by atoms with Gasteiger partial charge in [0, 0.05) is 26.1 Å². The predicted octanol–water partition coefficient (Wildman–Crippen LogP) is 0.587. The van der Waals surface area contributed by atoms with Gasteiger partial charge in [0.2, 0.25) is 15.9 Å². The van der Waals surface area contributed by atoms with Crippen LogP contribution in [0, 0.1) is 0 Å². The Labute approximate surface area is 125 Å². The lowest BCUT2D eigenvalue weighted by atomic mass is 10.2. The number of hydrogen-bond donors (Lipinski definition) is 3. The lowest BCUT2D eigenvalue weighted by Crippen LogP contribution is -2.31. The molecule has 1 rings (SSSR count). The van der Waals surface area contributed by atoms with Gasteiger partial charge < -0.3 is 16.0 Å². The number of nitrogens with two attached hydrogens (primary N) is 2. The topological polar surface area (TPSA) is 119 Å². The van der Waals surface area contributed by atoms with Crippen LogP contribution in [-0.2, 0) is 14.8 Å². The van der Waals surface area contributed by atoms with Gasteiger partial charge in [-0.3, -0.25) is 4.79 Å². The van der Waals surface area contributed by atoms with E-state index < -0.39 is 10.0 Å². The van der Waals surface area contributed by atoms with Crippen molar-refractivity contribution in [3.63, 3.8) is 0 Å². The number of benzene rings is 1. The maximum Gasteiger partial charge on any atom is 0.238 e. The minimum atomic E-state index is -3.78. The van der Waals surface area contributed by atoms with Crippen molar-refractivity contribution >= 4 is 27.3 Å². The highest BCUT2D eigenvalue weighted by Crippen LogP contribution is 2.22. The molecular weight excluding hydrogens is 292 g/mol. The minimum Gasteiger partial charge on any atom is -0.397 e. The van der Waals surface area contributed by atoms with Crippen molar-refractivity contribution in [2.24, 2.45) is 5.14 Å². The van der Waals surface area contributed by atoms with Gasteiger partial charge in [0.25, 0.3) is 0 Å². The molecule has 1 amide bonds. The van der Waals surface area contributed by atoms with Crippen molar-refractivity contribution < 1.29 is 13.2 Å². The van der Waals surface area contributed by atoms with Gasteiger partial charge in [-0.15, -0.1) is 0 Å². The summed E-state index contributed by atoms with van der Waals surface area (Å²) in [4.78, 5) is 13.6. The summed E-state index contributed by atoms with van der Waals surface area (Å²) < 4.78 is 22.6. The summed E-state index contributed by atoms with van der Waals surface area (Å²) in [5.74, 6) is 0.0358. The van der Waals surface area contributed by atoms with E-state index in [9.17, 15) is 13.2 Å². The molecule has 0 fully saturated rings. The lowest BCUT2D eigenvalue weighted by Gasteiger charge is -2.19. The number of rotatable bonds is 7. The third-order valence-electron chi connectivity index (χ3n) is 3.12. The average molecular weight is 314 g/mol. The number of amides is 1. The van der Waals surface area contributed by atoms with Crippen LogP contribution >= 0.6 is 0 Å². The molecular formula is C13H22N4O3S. The molecule has 0 saturated heterocycles. The molecule has 8 heteroatoms. The van der Waals surface area contributed by atoms with E-state index in [1.165, 1.54) is 18.2 Å². The normalized spacial score (nSPS) is 11.2. The van der Waals surface area contributed by atoms with E-state index in [4.69, 9.17) is 10.9 Å². The molecule has 0 heterocycles. The molecule has 1 aromatic rings. The van der Waals surface area contributed by atoms with E-state index in [1.807, 2.05) is 13.8 Å². The standard InChI is InChI=1S/C13H22N4O3S/c1-3-17(4-2)13(18)7-8-16-12-9-10(21(15,19)20)5-6-11(12)14/h5-6,9,16H,3-4,7-8,14H2,1-2H3,(H2,15,19,20). The molecule has 0 radical (unpaired) electrons. The van der Waals surface area contributed by atoms with Gasteiger partial charge >= 0.3 is 0 Å². The average Bonchev–Trinajstić information content (AvgIpc) is 2.41. The number of anilines is 2. The van der Waals surface area contributed by atoms with Crippen LogP contribution in [-0.4, -0.2) is 38.9 Å². The molecule has 0 aliphatic carbocycles. The SMILES string of the molecule is CCN(CC)C(=O)CCNc1cc(S(N)(=O)=O)ccc1N. The monoisotopic (exact) mass is 314 g/mol. The summed E-state index contributed by atoms with van der Waals surface area (Å²) in [7, 11) is -3.78. The van der Waals surface area contributed by atoms with Crippen LogP contribution in [0.4, 0.5) is 11.4 Å². The Hall–Kier alpha value is -1.80. The molecule has 5 N–H and O–H groups in total. The predicted molar refractivity (Wildman–Crippen MR) is 83.3 cm³/mol. The molecule has 0 saturated carbocycles. The highest BCUT2D eigenvalue weighted by atomic mass is 32.2. The van der Waals surface area contributed by atoms with Crippen LogP contribution in [0.3, 0.4) is 0 Å². The number of primary sulfonamides is 1. The van der Waals surface area contributed by atoms with Gasteiger partial charge in [0.05, 0.1) is 16.3 Å². The first kappa shape index (κ1) is 17.3. The number of nitrogens with zero attached hydrogens (tertiary/aromatic N) is 1. The summed E-state index contributed by atoms with van der Waals surface area (Å²) in [5.41, 5.74) is 6.62. The second kappa shape index (κ2) is 7.28. The van der Waals surface area contributed by atoms with Crippen molar-refractivity contribution in [2.75, 3.05) is 30.7 Å². The molecule has 21 heavy (non-hydrogen) atoms. The fourth-order valence-corrected chi connectivity index (χ4v) is 2.44. The largest absolute Gasteiger partial charge is 0.397 e. The second-order valence-corrected chi connectivity index (χ2v) is 6.10. The third-order valence-corrected chi connectivity index (χ3v) is 4.03. The zero-order valence-corrected chi connectivity index (χ0v) is 13.1. The molecule has 0 spiro atoms. The first-order valence-electron chi connectivity index (χ1n) is 6.73. The molecule has 0 aliphatic rings. The maximum atomic E-state index is 11.8. The van der Waals surface area contributed by atoms with Gasteiger partial charge in [0.1, 0.15) is 0 Å². The molecule has 118 valence electrons. The summed E-state index contributed by atoms with van der Waals surface area (Å²) in [6, 6.07) is 4.18. The lowest BCUT2D eigenvalue weighted by molar-refractivity contribution is -0.130. The smallest absolute Gasteiger partial charge is 0.238 e.